The van der Waals surface area contributed by atoms with Crippen molar-refractivity contribution in [3.8, 4) is 0 Å². The third-order valence-electron chi connectivity index (χ3n) is 5.29. The van der Waals surface area contributed by atoms with Crippen LogP contribution in [0.3, 0.4) is 0 Å². The second kappa shape index (κ2) is 7.39. The van der Waals surface area contributed by atoms with E-state index in [9.17, 15) is 4.79 Å². The monoisotopic (exact) mass is 320 g/mol. The summed E-state index contributed by atoms with van der Waals surface area (Å²) in [6.07, 6.45) is 9.49. The van der Waals surface area contributed by atoms with Crippen molar-refractivity contribution in [1.29, 1.82) is 0 Å². The van der Waals surface area contributed by atoms with E-state index in [0.29, 0.717) is 0 Å². The van der Waals surface area contributed by atoms with Crippen LogP contribution in [0.1, 0.15) is 56.7 Å². The van der Waals surface area contributed by atoms with Gasteiger partial charge in [-0.05, 0) is 49.7 Å². The first kappa shape index (κ1) is 16.4. The number of amides is 2. The van der Waals surface area contributed by atoms with Gasteiger partial charge in [0, 0.05) is 26.8 Å². The maximum atomic E-state index is 12.7. The SMILES string of the molecule is COCCC1(CNC(=O)N2CCCCC[C@H]2c2ccco2)CC1. The third kappa shape index (κ3) is 4.08. The van der Waals surface area contributed by atoms with Crippen LogP contribution in [-0.2, 0) is 4.74 Å². The molecule has 1 saturated heterocycles. The number of rotatable bonds is 6. The summed E-state index contributed by atoms with van der Waals surface area (Å²) in [6, 6.07) is 4.01. The Bertz CT molecular complexity index is 496. The van der Waals surface area contributed by atoms with Gasteiger partial charge in [-0.2, -0.15) is 0 Å². The van der Waals surface area contributed by atoms with Gasteiger partial charge in [0.1, 0.15) is 5.76 Å². The van der Waals surface area contributed by atoms with Gasteiger partial charge >= 0.3 is 6.03 Å². The molecule has 1 aromatic heterocycles. The van der Waals surface area contributed by atoms with Gasteiger partial charge in [0.05, 0.1) is 12.3 Å². The first-order valence-corrected chi connectivity index (χ1v) is 8.81. The van der Waals surface area contributed by atoms with Crippen molar-refractivity contribution < 1.29 is 13.9 Å². The number of methoxy groups -OCH3 is 1. The minimum Gasteiger partial charge on any atom is -0.467 e. The fourth-order valence-corrected chi connectivity index (χ4v) is 3.50. The van der Waals surface area contributed by atoms with Crippen LogP contribution in [0.4, 0.5) is 4.79 Å². The molecule has 1 aliphatic carbocycles. The Kier molecular flexibility index (Phi) is 5.26. The average Bonchev–Trinajstić information content (AvgIpc) is 3.22. The van der Waals surface area contributed by atoms with E-state index in [0.717, 1.165) is 51.1 Å². The second-order valence-corrected chi connectivity index (χ2v) is 6.98. The molecular formula is C18H28N2O3. The molecule has 2 amide bonds. The molecule has 1 N–H and O–H groups in total. The molecule has 0 aromatic carbocycles. The van der Waals surface area contributed by atoms with Crippen LogP contribution >= 0.6 is 0 Å². The lowest BCUT2D eigenvalue weighted by Crippen LogP contribution is -2.44. The number of nitrogens with zero attached hydrogens (tertiary/aromatic N) is 1. The summed E-state index contributed by atoms with van der Waals surface area (Å²) in [5.41, 5.74) is 0.275. The van der Waals surface area contributed by atoms with Crippen molar-refractivity contribution in [1.82, 2.24) is 10.2 Å². The number of furan rings is 1. The fourth-order valence-electron chi connectivity index (χ4n) is 3.50. The Labute approximate surface area is 138 Å². The van der Waals surface area contributed by atoms with Crippen molar-refractivity contribution in [2.75, 3.05) is 26.8 Å². The number of likely N-dealkylation sites (tertiary alicyclic amines) is 1. The van der Waals surface area contributed by atoms with E-state index < -0.39 is 0 Å². The molecule has 128 valence electrons. The molecule has 0 bridgehead atoms. The van der Waals surface area contributed by atoms with Crippen LogP contribution in [0.2, 0.25) is 0 Å². The zero-order valence-corrected chi connectivity index (χ0v) is 14.1. The summed E-state index contributed by atoms with van der Waals surface area (Å²) >= 11 is 0. The summed E-state index contributed by atoms with van der Waals surface area (Å²) in [7, 11) is 1.74. The van der Waals surface area contributed by atoms with Crippen molar-refractivity contribution >= 4 is 6.03 Å². The lowest BCUT2D eigenvalue weighted by Gasteiger charge is -2.29. The summed E-state index contributed by atoms with van der Waals surface area (Å²) < 4.78 is 10.8. The molecular weight excluding hydrogens is 292 g/mol. The van der Waals surface area contributed by atoms with E-state index >= 15 is 0 Å². The first-order chi connectivity index (χ1) is 11.2. The normalized spacial score (nSPS) is 23.3. The maximum absolute atomic E-state index is 12.7. The minimum atomic E-state index is 0.0528. The van der Waals surface area contributed by atoms with Gasteiger partial charge in [-0.1, -0.05) is 12.8 Å². The molecule has 1 saturated carbocycles. The van der Waals surface area contributed by atoms with Gasteiger partial charge in [-0.3, -0.25) is 0 Å². The van der Waals surface area contributed by atoms with Gasteiger partial charge in [0.15, 0.2) is 0 Å². The third-order valence-corrected chi connectivity index (χ3v) is 5.29. The van der Waals surface area contributed by atoms with Gasteiger partial charge in [-0.25, -0.2) is 4.79 Å². The maximum Gasteiger partial charge on any atom is 0.318 e. The highest BCUT2D eigenvalue weighted by atomic mass is 16.5. The molecule has 2 fully saturated rings. The van der Waals surface area contributed by atoms with Crippen LogP contribution in [0.15, 0.2) is 22.8 Å². The van der Waals surface area contributed by atoms with Crippen molar-refractivity contribution in [3.05, 3.63) is 24.2 Å². The van der Waals surface area contributed by atoms with Gasteiger partial charge in [0.25, 0.3) is 0 Å². The van der Waals surface area contributed by atoms with Crippen molar-refractivity contribution in [2.24, 2.45) is 5.41 Å². The zero-order chi connectivity index (χ0) is 16.1. The molecule has 2 heterocycles. The van der Waals surface area contributed by atoms with Gasteiger partial charge in [0.2, 0.25) is 0 Å². The largest absolute Gasteiger partial charge is 0.467 e. The molecule has 3 rings (SSSR count). The molecule has 1 aliphatic heterocycles. The van der Waals surface area contributed by atoms with Crippen LogP contribution in [-0.4, -0.2) is 37.7 Å². The number of hydrogen-bond donors (Lipinski definition) is 1. The van der Waals surface area contributed by atoms with E-state index in [4.69, 9.17) is 9.15 Å². The molecule has 0 radical (unpaired) electrons. The number of carbonyl (C=O) groups is 1. The van der Waals surface area contributed by atoms with E-state index in [1.807, 2.05) is 17.0 Å². The van der Waals surface area contributed by atoms with E-state index in [2.05, 4.69) is 5.32 Å². The Morgan fingerprint density at radius 1 is 1.43 bits per heavy atom. The first-order valence-electron chi connectivity index (χ1n) is 8.81. The number of carbonyl (C=O) groups excluding carboxylic acids is 1. The van der Waals surface area contributed by atoms with E-state index in [1.54, 1.807) is 13.4 Å². The van der Waals surface area contributed by atoms with E-state index in [1.165, 1.54) is 19.3 Å². The minimum absolute atomic E-state index is 0.0528. The highest BCUT2D eigenvalue weighted by Crippen LogP contribution is 2.48. The van der Waals surface area contributed by atoms with Crippen LogP contribution < -0.4 is 5.32 Å². The Morgan fingerprint density at radius 2 is 2.30 bits per heavy atom. The van der Waals surface area contributed by atoms with Crippen LogP contribution in [0.25, 0.3) is 0 Å². The molecule has 23 heavy (non-hydrogen) atoms. The summed E-state index contributed by atoms with van der Waals surface area (Å²) in [6.45, 7) is 2.34. The smallest absolute Gasteiger partial charge is 0.318 e. The predicted octanol–water partition coefficient (Wildman–Crippen LogP) is 3.72. The van der Waals surface area contributed by atoms with Gasteiger partial charge in [-0.15, -0.1) is 0 Å². The number of nitrogens with one attached hydrogen (secondary N) is 1. The standard InChI is InChI=1S/C18H28N2O3/c1-22-13-10-18(8-9-18)14-19-17(21)20-11-4-2-3-6-15(20)16-7-5-12-23-16/h5,7,12,15H,2-4,6,8-11,13-14H2,1H3,(H,19,21)/t15-/m0/s1. The highest BCUT2D eigenvalue weighted by molar-refractivity contribution is 5.74. The average molecular weight is 320 g/mol. The molecule has 2 aliphatic rings. The lowest BCUT2D eigenvalue weighted by atomic mass is 10.0. The Hall–Kier alpha value is -1.49. The summed E-state index contributed by atoms with van der Waals surface area (Å²) in [5.74, 6) is 0.905. The Balaban J connectivity index is 1.59. The lowest BCUT2D eigenvalue weighted by molar-refractivity contribution is 0.156. The van der Waals surface area contributed by atoms with Crippen LogP contribution in [0.5, 0.6) is 0 Å². The number of ether oxygens (including phenoxy) is 1. The summed E-state index contributed by atoms with van der Waals surface area (Å²) in [5, 5.41) is 3.17. The molecule has 5 nitrogen and oxygen atoms in total. The van der Waals surface area contributed by atoms with Crippen molar-refractivity contribution in [2.45, 2.75) is 51.0 Å². The number of urea groups is 1. The fraction of sp³-hybridized carbons (Fsp3) is 0.722. The highest BCUT2D eigenvalue weighted by Gasteiger charge is 2.42. The quantitative estimate of drug-likeness (QED) is 0.869. The number of hydrogen-bond acceptors (Lipinski definition) is 3. The zero-order valence-electron chi connectivity index (χ0n) is 14.1. The van der Waals surface area contributed by atoms with Gasteiger partial charge < -0.3 is 19.4 Å². The molecule has 5 heteroatoms. The molecule has 0 unspecified atom stereocenters. The second-order valence-electron chi connectivity index (χ2n) is 6.98. The molecule has 1 aromatic rings. The van der Waals surface area contributed by atoms with Crippen molar-refractivity contribution in [3.63, 3.8) is 0 Å². The topological polar surface area (TPSA) is 54.7 Å². The molecule has 1 atom stereocenters. The summed E-state index contributed by atoms with van der Waals surface area (Å²) in [4.78, 5) is 14.7. The van der Waals surface area contributed by atoms with Crippen LogP contribution in [0, 0.1) is 5.41 Å². The Morgan fingerprint density at radius 3 is 3.00 bits per heavy atom. The van der Waals surface area contributed by atoms with E-state index in [-0.39, 0.29) is 17.5 Å². The predicted molar refractivity (Wildman–Crippen MR) is 88.2 cm³/mol. The molecule has 0 spiro atoms.